The molecule has 1 aromatic heterocycles. The van der Waals surface area contributed by atoms with Crippen LogP contribution in [0.15, 0.2) is 18.5 Å². The third-order valence-electron chi connectivity index (χ3n) is 3.05. The molecular weight excluding hydrogens is 230 g/mol. The molecule has 0 unspecified atom stereocenters. The van der Waals surface area contributed by atoms with Gasteiger partial charge in [-0.05, 0) is 43.3 Å². The first-order valence-corrected chi connectivity index (χ1v) is 7.54. The lowest BCUT2D eigenvalue weighted by molar-refractivity contribution is 0.516. The van der Waals surface area contributed by atoms with Crippen LogP contribution in [0.25, 0.3) is 0 Å². The minimum absolute atomic E-state index is 0.832. The van der Waals surface area contributed by atoms with Crippen LogP contribution < -0.4 is 10.6 Å². The van der Waals surface area contributed by atoms with Gasteiger partial charge >= 0.3 is 0 Å². The second-order valence-electron chi connectivity index (χ2n) is 4.43. The summed E-state index contributed by atoms with van der Waals surface area (Å²) < 4.78 is 0. The van der Waals surface area contributed by atoms with Crippen LogP contribution in [0, 0.1) is 5.92 Å². The Balaban J connectivity index is 1.83. The SMILES string of the molecule is CCNc1cncc(NCC2CCSCC2)c1. The van der Waals surface area contributed by atoms with Gasteiger partial charge in [-0.3, -0.25) is 4.98 Å². The van der Waals surface area contributed by atoms with Crippen LogP contribution in [-0.2, 0) is 0 Å². The number of nitrogens with zero attached hydrogens (tertiary/aromatic N) is 1. The molecule has 0 radical (unpaired) electrons. The predicted molar refractivity (Wildman–Crippen MR) is 76.9 cm³/mol. The van der Waals surface area contributed by atoms with Crippen molar-refractivity contribution in [3.8, 4) is 0 Å². The van der Waals surface area contributed by atoms with E-state index < -0.39 is 0 Å². The van der Waals surface area contributed by atoms with Gasteiger partial charge in [-0.1, -0.05) is 0 Å². The Labute approximate surface area is 108 Å². The quantitative estimate of drug-likeness (QED) is 0.843. The first-order chi connectivity index (χ1) is 8.38. The van der Waals surface area contributed by atoms with Crippen molar-refractivity contribution in [2.75, 3.05) is 35.2 Å². The van der Waals surface area contributed by atoms with Crippen molar-refractivity contribution in [3.05, 3.63) is 18.5 Å². The van der Waals surface area contributed by atoms with E-state index in [0.717, 1.165) is 30.4 Å². The summed E-state index contributed by atoms with van der Waals surface area (Å²) in [5.41, 5.74) is 2.22. The zero-order valence-electron chi connectivity index (χ0n) is 10.4. The molecule has 1 fully saturated rings. The molecule has 94 valence electrons. The molecule has 17 heavy (non-hydrogen) atoms. The summed E-state index contributed by atoms with van der Waals surface area (Å²) in [4.78, 5) is 4.24. The Kier molecular flexibility index (Phi) is 4.98. The molecule has 0 aromatic carbocycles. The number of pyridine rings is 1. The number of nitrogens with one attached hydrogen (secondary N) is 2. The van der Waals surface area contributed by atoms with Gasteiger partial charge in [-0.25, -0.2) is 0 Å². The molecule has 0 spiro atoms. The van der Waals surface area contributed by atoms with E-state index in [1.54, 1.807) is 0 Å². The Morgan fingerprint density at radius 3 is 2.65 bits per heavy atom. The van der Waals surface area contributed by atoms with E-state index in [2.05, 4.69) is 40.4 Å². The van der Waals surface area contributed by atoms with Gasteiger partial charge in [-0.2, -0.15) is 11.8 Å². The maximum absolute atomic E-state index is 4.24. The van der Waals surface area contributed by atoms with Gasteiger partial charge in [0.25, 0.3) is 0 Å². The van der Waals surface area contributed by atoms with Crippen molar-refractivity contribution in [1.29, 1.82) is 0 Å². The molecule has 1 saturated heterocycles. The van der Waals surface area contributed by atoms with Crippen molar-refractivity contribution >= 4 is 23.1 Å². The molecule has 2 heterocycles. The monoisotopic (exact) mass is 251 g/mol. The van der Waals surface area contributed by atoms with E-state index in [0.29, 0.717) is 0 Å². The molecule has 0 aliphatic carbocycles. The molecule has 0 amide bonds. The average molecular weight is 251 g/mol. The van der Waals surface area contributed by atoms with Gasteiger partial charge in [0.15, 0.2) is 0 Å². The number of hydrogen-bond donors (Lipinski definition) is 2. The zero-order valence-corrected chi connectivity index (χ0v) is 11.2. The summed E-state index contributed by atoms with van der Waals surface area (Å²) in [6.45, 7) is 4.11. The largest absolute Gasteiger partial charge is 0.384 e. The fraction of sp³-hybridized carbons (Fsp3) is 0.615. The van der Waals surface area contributed by atoms with Gasteiger partial charge < -0.3 is 10.6 Å². The van der Waals surface area contributed by atoms with Crippen LogP contribution in [0.1, 0.15) is 19.8 Å². The van der Waals surface area contributed by atoms with Gasteiger partial charge in [0.05, 0.1) is 23.8 Å². The van der Waals surface area contributed by atoms with E-state index in [1.165, 1.54) is 24.3 Å². The minimum Gasteiger partial charge on any atom is -0.384 e. The van der Waals surface area contributed by atoms with E-state index >= 15 is 0 Å². The summed E-state index contributed by atoms with van der Waals surface area (Å²) in [5, 5.41) is 6.78. The molecule has 0 bridgehead atoms. The zero-order chi connectivity index (χ0) is 11.9. The molecule has 1 aromatic rings. The fourth-order valence-corrected chi connectivity index (χ4v) is 3.25. The molecule has 3 nitrogen and oxygen atoms in total. The van der Waals surface area contributed by atoms with Crippen LogP contribution in [0.4, 0.5) is 11.4 Å². The second-order valence-corrected chi connectivity index (χ2v) is 5.65. The molecule has 2 rings (SSSR count). The van der Waals surface area contributed by atoms with Crippen molar-refractivity contribution in [2.45, 2.75) is 19.8 Å². The predicted octanol–water partition coefficient (Wildman–Crippen LogP) is 3.07. The van der Waals surface area contributed by atoms with Gasteiger partial charge in [0.2, 0.25) is 0 Å². The van der Waals surface area contributed by atoms with E-state index in [-0.39, 0.29) is 0 Å². The second kappa shape index (κ2) is 6.74. The highest BCUT2D eigenvalue weighted by atomic mass is 32.2. The van der Waals surface area contributed by atoms with Gasteiger partial charge in [0.1, 0.15) is 0 Å². The summed E-state index contributed by atoms with van der Waals surface area (Å²) in [5.74, 6) is 3.48. The van der Waals surface area contributed by atoms with E-state index in [9.17, 15) is 0 Å². The van der Waals surface area contributed by atoms with Crippen molar-refractivity contribution in [2.24, 2.45) is 5.92 Å². The maximum Gasteiger partial charge on any atom is 0.0547 e. The molecular formula is C13H21N3S. The highest BCUT2D eigenvalue weighted by molar-refractivity contribution is 7.99. The van der Waals surface area contributed by atoms with Gasteiger partial charge in [-0.15, -0.1) is 0 Å². The number of rotatable bonds is 5. The Morgan fingerprint density at radius 2 is 1.94 bits per heavy atom. The van der Waals surface area contributed by atoms with Crippen molar-refractivity contribution < 1.29 is 0 Å². The highest BCUT2D eigenvalue weighted by Gasteiger charge is 2.13. The molecule has 1 aliphatic rings. The van der Waals surface area contributed by atoms with Crippen LogP contribution >= 0.6 is 11.8 Å². The number of hydrogen-bond acceptors (Lipinski definition) is 4. The standard InChI is InChI=1S/C13H21N3S/c1-2-15-12-7-13(10-14-9-12)16-8-11-3-5-17-6-4-11/h7,9-11,15-16H,2-6,8H2,1H3. The first-order valence-electron chi connectivity index (χ1n) is 6.39. The third kappa shape index (κ3) is 4.11. The first kappa shape index (κ1) is 12.6. The number of anilines is 2. The van der Waals surface area contributed by atoms with Crippen LogP contribution in [0.2, 0.25) is 0 Å². The van der Waals surface area contributed by atoms with Crippen molar-refractivity contribution in [1.82, 2.24) is 4.98 Å². The van der Waals surface area contributed by atoms with E-state index in [4.69, 9.17) is 0 Å². The lowest BCUT2D eigenvalue weighted by Gasteiger charge is -2.22. The summed E-state index contributed by atoms with van der Waals surface area (Å²) in [6, 6.07) is 2.13. The Morgan fingerprint density at radius 1 is 1.24 bits per heavy atom. The summed E-state index contributed by atoms with van der Waals surface area (Å²) >= 11 is 2.08. The number of aromatic nitrogens is 1. The highest BCUT2D eigenvalue weighted by Crippen LogP contribution is 2.23. The maximum atomic E-state index is 4.24. The van der Waals surface area contributed by atoms with Crippen LogP contribution in [0.5, 0.6) is 0 Å². The van der Waals surface area contributed by atoms with Crippen LogP contribution in [0.3, 0.4) is 0 Å². The van der Waals surface area contributed by atoms with Crippen LogP contribution in [-0.4, -0.2) is 29.6 Å². The summed E-state index contributed by atoms with van der Waals surface area (Å²) in [7, 11) is 0. The topological polar surface area (TPSA) is 37.0 Å². The fourth-order valence-electron chi connectivity index (χ4n) is 2.05. The number of thioether (sulfide) groups is 1. The lowest BCUT2D eigenvalue weighted by Crippen LogP contribution is -2.19. The smallest absolute Gasteiger partial charge is 0.0547 e. The molecule has 1 aliphatic heterocycles. The Bertz CT molecular complexity index is 337. The molecule has 4 heteroatoms. The van der Waals surface area contributed by atoms with Gasteiger partial charge in [0, 0.05) is 13.1 Å². The average Bonchev–Trinajstić information content (AvgIpc) is 2.39. The molecule has 0 atom stereocenters. The Hall–Kier alpha value is -0.900. The molecule has 0 saturated carbocycles. The van der Waals surface area contributed by atoms with E-state index in [1.807, 2.05) is 12.4 Å². The normalized spacial score (nSPS) is 16.8. The minimum atomic E-state index is 0.832. The summed E-state index contributed by atoms with van der Waals surface area (Å²) in [6.07, 6.45) is 6.46. The lowest BCUT2D eigenvalue weighted by atomic mass is 10.0. The molecule has 2 N–H and O–H groups in total. The van der Waals surface area contributed by atoms with Crippen molar-refractivity contribution in [3.63, 3.8) is 0 Å². The third-order valence-corrected chi connectivity index (χ3v) is 4.10.